The number of benzene rings is 1. The molecule has 0 amide bonds. The molecule has 0 bridgehead atoms. The van der Waals surface area contributed by atoms with Crippen LogP contribution in [0.5, 0.6) is 0 Å². The van der Waals surface area contributed by atoms with Crippen LogP contribution in [0, 0.1) is 12.3 Å². The Hall–Kier alpha value is -2.40. The summed E-state index contributed by atoms with van der Waals surface area (Å²) in [6, 6.07) is 5.15. The molecule has 4 N–H and O–H groups in total. The SMILES string of the molecule is C=NC(/C(C(=C)NC/C(C=N)=C(/C)F)=C(/C)N)c1ccc(C)cc1Cl. The topological polar surface area (TPSA) is 74.3 Å². The summed E-state index contributed by atoms with van der Waals surface area (Å²) >= 11 is 6.36. The van der Waals surface area contributed by atoms with E-state index in [0.717, 1.165) is 17.3 Å². The zero-order valence-electron chi connectivity index (χ0n) is 14.8. The molecule has 134 valence electrons. The van der Waals surface area contributed by atoms with Gasteiger partial charge in [-0.15, -0.1) is 0 Å². The molecule has 0 spiro atoms. The second-order valence-corrected chi connectivity index (χ2v) is 6.15. The number of hydrogen-bond acceptors (Lipinski definition) is 4. The van der Waals surface area contributed by atoms with E-state index < -0.39 is 11.9 Å². The quantitative estimate of drug-likeness (QED) is 0.466. The highest BCUT2D eigenvalue weighted by Crippen LogP contribution is 2.35. The Labute approximate surface area is 153 Å². The fourth-order valence-electron chi connectivity index (χ4n) is 2.39. The minimum absolute atomic E-state index is 0.118. The molecule has 0 radical (unpaired) electrons. The predicted octanol–water partition coefficient (Wildman–Crippen LogP) is 4.62. The fourth-order valence-corrected chi connectivity index (χ4v) is 2.73. The van der Waals surface area contributed by atoms with Crippen molar-refractivity contribution in [3.05, 3.63) is 69.3 Å². The van der Waals surface area contributed by atoms with E-state index in [1.165, 1.54) is 6.92 Å². The lowest BCUT2D eigenvalue weighted by atomic mass is 9.94. The molecule has 0 aliphatic heterocycles. The molecule has 0 aliphatic rings. The van der Waals surface area contributed by atoms with Gasteiger partial charge in [-0.05, 0) is 44.7 Å². The molecule has 0 saturated carbocycles. The molecule has 1 unspecified atom stereocenters. The first-order valence-corrected chi connectivity index (χ1v) is 8.07. The molecular weight excluding hydrogens is 339 g/mol. The minimum Gasteiger partial charge on any atom is -0.402 e. The highest BCUT2D eigenvalue weighted by atomic mass is 35.5. The molecule has 1 rings (SSSR count). The molecule has 0 aromatic heterocycles. The van der Waals surface area contributed by atoms with Crippen molar-refractivity contribution in [1.29, 1.82) is 5.41 Å². The lowest BCUT2D eigenvalue weighted by molar-refractivity contribution is 0.627. The van der Waals surface area contributed by atoms with Crippen LogP contribution in [0.1, 0.15) is 31.0 Å². The van der Waals surface area contributed by atoms with E-state index in [1.54, 1.807) is 6.92 Å². The van der Waals surface area contributed by atoms with Crippen LogP contribution in [0.2, 0.25) is 5.02 Å². The molecule has 0 fully saturated rings. The monoisotopic (exact) mass is 362 g/mol. The Kier molecular flexibility index (Phi) is 7.58. The maximum Gasteiger partial charge on any atom is 0.104 e. The van der Waals surface area contributed by atoms with E-state index >= 15 is 0 Å². The third-order valence-electron chi connectivity index (χ3n) is 3.77. The Morgan fingerprint density at radius 1 is 1.48 bits per heavy atom. The molecule has 0 heterocycles. The van der Waals surface area contributed by atoms with Crippen molar-refractivity contribution in [3.63, 3.8) is 0 Å². The minimum atomic E-state index is -0.503. The van der Waals surface area contributed by atoms with Gasteiger partial charge in [-0.2, -0.15) is 0 Å². The first-order chi connectivity index (χ1) is 11.7. The number of hydrogen-bond donors (Lipinski definition) is 3. The highest BCUT2D eigenvalue weighted by molar-refractivity contribution is 6.31. The number of nitrogens with zero attached hydrogens (tertiary/aromatic N) is 1. The van der Waals surface area contributed by atoms with E-state index in [9.17, 15) is 4.39 Å². The van der Waals surface area contributed by atoms with Gasteiger partial charge in [0.2, 0.25) is 0 Å². The standard InChI is InChI=1S/C19H24ClFN4/c1-11-6-7-16(17(20)8-11)19(24-5)18(13(3)23)14(4)25-10-15(9-22)12(2)21/h6-9,19,22,25H,4-5,10,23H2,1-3H3/b15-12-,18-13-,22-9?. The van der Waals surface area contributed by atoms with Crippen molar-refractivity contribution in [2.24, 2.45) is 10.7 Å². The number of nitrogens with two attached hydrogens (primary N) is 1. The normalized spacial score (nSPS) is 14.1. The number of allylic oxidation sites excluding steroid dienone is 2. The van der Waals surface area contributed by atoms with Gasteiger partial charge in [-0.1, -0.05) is 30.3 Å². The molecule has 0 saturated heterocycles. The summed E-state index contributed by atoms with van der Waals surface area (Å²) in [4.78, 5) is 4.17. The van der Waals surface area contributed by atoms with Crippen molar-refractivity contribution in [2.75, 3.05) is 6.54 Å². The van der Waals surface area contributed by atoms with E-state index in [4.69, 9.17) is 22.7 Å². The van der Waals surface area contributed by atoms with Gasteiger partial charge in [0.1, 0.15) is 11.9 Å². The van der Waals surface area contributed by atoms with Crippen LogP contribution in [0.3, 0.4) is 0 Å². The molecule has 1 aromatic carbocycles. The average Bonchev–Trinajstić information content (AvgIpc) is 2.52. The lowest BCUT2D eigenvalue weighted by Gasteiger charge is -2.22. The predicted molar refractivity (Wildman–Crippen MR) is 105 cm³/mol. The molecule has 0 aliphatic carbocycles. The van der Waals surface area contributed by atoms with Gasteiger partial charge in [0.05, 0.1) is 0 Å². The Morgan fingerprint density at radius 3 is 2.56 bits per heavy atom. The summed E-state index contributed by atoms with van der Waals surface area (Å²) in [6.45, 7) is 12.7. The first kappa shape index (κ1) is 20.6. The number of aliphatic imine (C=N–C) groups is 1. The summed E-state index contributed by atoms with van der Waals surface area (Å²) in [5, 5.41) is 10.8. The summed E-state index contributed by atoms with van der Waals surface area (Å²) < 4.78 is 13.3. The molecular formula is C19H24ClFN4. The van der Waals surface area contributed by atoms with Gasteiger partial charge in [-0.25, -0.2) is 4.39 Å². The Morgan fingerprint density at radius 2 is 2.12 bits per heavy atom. The second kappa shape index (κ2) is 9.18. The summed E-state index contributed by atoms with van der Waals surface area (Å²) in [5.41, 5.74) is 9.68. The van der Waals surface area contributed by atoms with Gasteiger partial charge in [0.25, 0.3) is 0 Å². The third kappa shape index (κ3) is 5.29. The van der Waals surface area contributed by atoms with Crippen LogP contribution in [-0.2, 0) is 0 Å². The van der Waals surface area contributed by atoms with E-state index in [-0.39, 0.29) is 12.1 Å². The van der Waals surface area contributed by atoms with Crippen LogP contribution < -0.4 is 11.1 Å². The van der Waals surface area contributed by atoms with Crippen molar-refractivity contribution < 1.29 is 4.39 Å². The van der Waals surface area contributed by atoms with E-state index in [0.29, 0.717) is 22.0 Å². The van der Waals surface area contributed by atoms with Gasteiger partial charge < -0.3 is 16.5 Å². The Balaban J connectivity index is 3.19. The largest absolute Gasteiger partial charge is 0.402 e. The van der Waals surface area contributed by atoms with Crippen LogP contribution in [0.4, 0.5) is 4.39 Å². The van der Waals surface area contributed by atoms with Crippen LogP contribution in [0.25, 0.3) is 0 Å². The molecule has 6 heteroatoms. The smallest absolute Gasteiger partial charge is 0.104 e. The van der Waals surface area contributed by atoms with Gasteiger partial charge in [-0.3, -0.25) is 4.99 Å². The number of nitrogens with one attached hydrogen (secondary N) is 2. The van der Waals surface area contributed by atoms with Crippen LogP contribution in [0.15, 0.2) is 58.1 Å². The maximum atomic E-state index is 13.3. The highest BCUT2D eigenvalue weighted by Gasteiger charge is 2.22. The van der Waals surface area contributed by atoms with Crippen molar-refractivity contribution in [1.82, 2.24) is 5.32 Å². The Bertz CT molecular complexity index is 742. The van der Waals surface area contributed by atoms with Crippen LogP contribution >= 0.6 is 11.6 Å². The molecule has 1 aromatic rings. The second-order valence-electron chi connectivity index (χ2n) is 5.74. The van der Waals surface area contributed by atoms with E-state index in [2.05, 4.69) is 23.6 Å². The van der Waals surface area contributed by atoms with Crippen molar-refractivity contribution in [3.8, 4) is 0 Å². The zero-order chi connectivity index (χ0) is 19.1. The lowest BCUT2D eigenvalue weighted by Crippen LogP contribution is -2.22. The average molecular weight is 363 g/mol. The van der Waals surface area contributed by atoms with Crippen molar-refractivity contribution >= 4 is 24.5 Å². The zero-order valence-corrected chi connectivity index (χ0v) is 15.5. The number of aryl methyl sites for hydroxylation is 1. The first-order valence-electron chi connectivity index (χ1n) is 7.69. The number of rotatable bonds is 8. The van der Waals surface area contributed by atoms with E-state index in [1.807, 2.05) is 25.1 Å². The molecule has 1 atom stereocenters. The summed E-state index contributed by atoms with van der Waals surface area (Å²) in [7, 11) is 0. The summed E-state index contributed by atoms with van der Waals surface area (Å²) in [6.07, 6.45) is 0.967. The molecule has 25 heavy (non-hydrogen) atoms. The number of halogens is 2. The van der Waals surface area contributed by atoms with Crippen molar-refractivity contribution in [2.45, 2.75) is 26.8 Å². The molecule has 4 nitrogen and oxygen atoms in total. The van der Waals surface area contributed by atoms with Gasteiger partial charge in [0, 0.05) is 40.3 Å². The van der Waals surface area contributed by atoms with Gasteiger partial charge in [0.15, 0.2) is 0 Å². The van der Waals surface area contributed by atoms with Gasteiger partial charge >= 0.3 is 0 Å². The summed E-state index contributed by atoms with van der Waals surface area (Å²) in [5.74, 6) is -0.426. The fraction of sp³-hybridized carbons (Fsp3) is 0.263. The third-order valence-corrected chi connectivity index (χ3v) is 4.09. The maximum absolute atomic E-state index is 13.3. The van der Waals surface area contributed by atoms with Crippen LogP contribution in [-0.4, -0.2) is 19.5 Å².